The molecule has 0 aliphatic rings. The molecule has 0 amide bonds. The Kier molecular flexibility index (Phi) is 2.33. The molecule has 58 valence electrons. The first-order valence-electron chi connectivity index (χ1n) is 3.39. The summed E-state index contributed by atoms with van der Waals surface area (Å²) in [4.78, 5) is 14.4. The van der Waals surface area contributed by atoms with Crippen LogP contribution in [0.5, 0.6) is 0 Å². The van der Waals surface area contributed by atoms with Gasteiger partial charge in [0.05, 0.1) is 0 Å². The molecule has 0 atom stereocenters. The van der Waals surface area contributed by atoms with Gasteiger partial charge < -0.3 is 5.73 Å². The van der Waals surface area contributed by atoms with Gasteiger partial charge in [-0.2, -0.15) is 0 Å². The van der Waals surface area contributed by atoms with Gasteiger partial charge in [-0.25, -0.2) is 4.98 Å². The molecule has 0 radical (unpaired) electrons. The van der Waals surface area contributed by atoms with E-state index in [2.05, 4.69) is 4.98 Å². The quantitative estimate of drug-likeness (QED) is 0.630. The van der Waals surface area contributed by atoms with Crippen LogP contribution >= 0.6 is 0 Å². The second-order valence-electron chi connectivity index (χ2n) is 2.32. The number of aldehydes is 1. The molecule has 0 aliphatic heterocycles. The maximum atomic E-state index is 10.4. The largest absolute Gasteiger partial charge is 0.326 e. The standard InChI is InChI=1S/C8H10N2O/c1-6-2-3-7(4-9)8(5-11)10-6/h2-3,5H,4,9H2,1H3. The van der Waals surface area contributed by atoms with Crippen molar-refractivity contribution in [1.29, 1.82) is 0 Å². The van der Waals surface area contributed by atoms with Crippen LogP contribution in [0.25, 0.3) is 0 Å². The van der Waals surface area contributed by atoms with Gasteiger partial charge in [0.1, 0.15) is 5.69 Å². The number of aromatic nitrogens is 1. The molecule has 0 spiro atoms. The molecule has 3 heteroatoms. The number of hydrogen-bond acceptors (Lipinski definition) is 3. The summed E-state index contributed by atoms with van der Waals surface area (Å²) in [5.74, 6) is 0. The summed E-state index contributed by atoms with van der Waals surface area (Å²) in [5, 5.41) is 0. The average Bonchev–Trinajstić information content (AvgIpc) is 2.04. The second kappa shape index (κ2) is 3.25. The third-order valence-corrected chi connectivity index (χ3v) is 1.48. The molecule has 1 rings (SSSR count). The molecular weight excluding hydrogens is 140 g/mol. The van der Waals surface area contributed by atoms with Crippen molar-refractivity contribution in [2.24, 2.45) is 5.73 Å². The zero-order chi connectivity index (χ0) is 8.27. The van der Waals surface area contributed by atoms with E-state index in [1.54, 1.807) is 0 Å². The summed E-state index contributed by atoms with van der Waals surface area (Å²) in [6.07, 6.45) is 0.731. The van der Waals surface area contributed by atoms with E-state index in [0.29, 0.717) is 12.2 Å². The number of rotatable bonds is 2. The van der Waals surface area contributed by atoms with Crippen LogP contribution in [0.2, 0.25) is 0 Å². The van der Waals surface area contributed by atoms with Crippen molar-refractivity contribution in [2.75, 3.05) is 0 Å². The van der Waals surface area contributed by atoms with Crippen LogP contribution in [0.15, 0.2) is 12.1 Å². The summed E-state index contributed by atoms with van der Waals surface area (Å²) in [5.41, 5.74) is 7.46. The average molecular weight is 150 g/mol. The molecular formula is C8H10N2O. The van der Waals surface area contributed by atoms with Gasteiger partial charge in [-0.05, 0) is 18.6 Å². The smallest absolute Gasteiger partial charge is 0.168 e. The minimum Gasteiger partial charge on any atom is -0.326 e. The highest BCUT2D eigenvalue weighted by Gasteiger charge is 1.99. The molecule has 0 saturated heterocycles. The first-order chi connectivity index (χ1) is 5.27. The van der Waals surface area contributed by atoms with Crippen molar-refractivity contribution in [2.45, 2.75) is 13.5 Å². The molecule has 0 saturated carbocycles. The van der Waals surface area contributed by atoms with Crippen LogP contribution in [0.1, 0.15) is 21.7 Å². The Morgan fingerprint density at radius 2 is 2.36 bits per heavy atom. The Balaban J connectivity index is 3.16. The normalized spacial score (nSPS) is 9.64. The van der Waals surface area contributed by atoms with Gasteiger partial charge in [0, 0.05) is 12.2 Å². The first-order valence-corrected chi connectivity index (χ1v) is 3.39. The molecule has 1 aromatic heterocycles. The van der Waals surface area contributed by atoms with Gasteiger partial charge in [-0.15, -0.1) is 0 Å². The van der Waals surface area contributed by atoms with E-state index in [1.165, 1.54) is 0 Å². The molecule has 11 heavy (non-hydrogen) atoms. The predicted molar refractivity (Wildman–Crippen MR) is 42.3 cm³/mol. The highest BCUT2D eigenvalue weighted by molar-refractivity contribution is 5.74. The maximum Gasteiger partial charge on any atom is 0.168 e. The molecule has 2 N–H and O–H groups in total. The molecule has 0 aliphatic carbocycles. The lowest BCUT2D eigenvalue weighted by molar-refractivity contribution is 0.111. The van der Waals surface area contributed by atoms with Crippen LogP contribution in [0.3, 0.4) is 0 Å². The summed E-state index contributed by atoms with van der Waals surface area (Å²) < 4.78 is 0. The summed E-state index contributed by atoms with van der Waals surface area (Å²) in [6.45, 7) is 2.20. The Bertz CT molecular complexity index is 271. The molecule has 0 fully saturated rings. The molecule has 1 aromatic rings. The predicted octanol–water partition coefficient (Wildman–Crippen LogP) is 0.661. The van der Waals surface area contributed by atoms with E-state index in [0.717, 1.165) is 17.5 Å². The lowest BCUT2D eigenvalue weighted by Crippen LogP contribution is -2.03. The summed E-state index contributed by atoms with van der Waals surface area (Å²) >= 11 is 0. The monoisotopic (exact) mass is 150 g/mol. The van der Waals surface area contributed by atoms with Gasteiger partial charge in [-0.3, -0.25) is 4.79 Å². The topological polar surface area (TPSA) is 56.0 Å². The van der Waals surface area contributed by atoms with Gasteiger partial charge in [0.15, 0.2) is 6.29 Å². The van der Waals surface area contributed by atoms with E-state index in [1.807, 2.05) is 19.1 Å². The molecule has 0 unspecified atom stereocenters. The van der Waals surface area contributed by atoms with E-state index < -0.39 is 0 Å². The van der Waals surface area contributed by atoms with E-state index in [-0.39, 0.29) is 0 Å². The third kappa shape index (κ3) is 1.62. The second-order valence-corrected chi connectivity index (χ2v) is 2.32. The number of carbonyl (C=O) groups is 1. The molecule has 0 aromatic carbocycles. The minimum atomic E-state index is 0.362. The van der Waals surface area contributed by atoms with E-state index in [4.69, 9.17) is 5.73 Å². The number of carbonyl (C=O) groups excluding carboxylic acids is 1. The van der Waals surface area contributed by atoms with Crippen molar-refractivity contribution < 1.29 is 4.79 Å². The lowest BCUT2D eigenvalue weighted by atomic mass is 10.2. The zero-order valence-corrected chi connectivity index (χ0v) is 6.37. The van der Waals surface area contributed by atoms with Crippen LogP contribution in [-0.2, 0) is 6.54 Å². The minimum absolute atomic E-state index is 0.362. The molecule has 0 bridgehead atoms. The maximum absolute atomic E-state index is 10.4. The number of nitrogens with zero attached hydrogens (tertiary/aromatic N) is 1. The third-order valence-electron chi connectivity index (χ3n) is 1.48. The van der Waals surface area contributed by atoms with Crippen molar-refractivity contribution >= 4 is 6.29 Å². The SMILES string of the molecule is Cc1ccc(CN)c(C=O)n1. The van der Waals surface area contributed by atoms with Crippen LogP contribution < -0.4 is 5.73 Å². The fourth-order valence-corrected chi connectivity index (χ4v) is 0.880. The van der Waals surface area contributed by atoms with E-state index >= 15 is 0 Å². The fraction of sp³-hybridized carbons (Fsp3) is 0.250. The molecule has 1 heterocycles. The van der Waals surface area contributed by atoms with Crippen molar-refractivity contribution in [1.82, 2.24) is 4.98 Å². The zero-order valence-electron chi connectivity index (χ0n) is 6.37. The summed E-state index contributed by atoms with van der Waals surface area (Å²) in [6, 6.07) is 3.67. The lowest BCUT2D eigenvalue weighted by Gasteiger charge is -2.00. The van der Waals surface area contributed by atoms with Gasteiger partial charge in [-0.1, -0.05) is 6.07 Å². The highest BCUT2D eigenvalue weighted by atomic mass is 16.1. The summed E-state index contributed by atoms with van der Waals surface area (Å²) in [7, 11) is 0. The van der Waals surface area contributed by atoms with Crippen molar-refractivity contribution in [3.63, 3.8) is 0 Å². The number of hydrogen-bond donors (Lipinski definition) is 1. The van der Waals surface area contributed by atoms with Gasteiger partial charge in [0.2, 0.25) is 0 Å². The van der Waals surface area contributed by atoms with Crippen LogP contribution in [-0.4, -0.2) is 11.3 Å². The van der Waals surface area contributed by atoms with E-state index in [9.17, 15) is 4.79 Å². The van der Waals surface area contributed by atoms with Crippen molar-refractivity contribution in [3.05, 3.63) is 29.1 Å². The number of pyridine rings is 1. The number of nitrogens with two attached hydrogens (primary N) is 1. The Morgan fingerprint density at radius 1 is 1.64 bits per heavy atom. The van der Waals surface area contributed by atoms with Crippen molar-refractivity contribution in [3.8, 4) is 0 Å². The number of aryl methyl sites for hydroxylation is 1. The Labute approximate surface area is 65.2 Å². The molecule has 3 nitrogen and oxygen atoms in total. The first kappa shape index (κ1) is 7.88. The Hall–Kier alpha value is -1.22. The van der Waals surface area contributed by atoms with Gasteiger partial charge in [0.25, 0.3) is 0 Å². The highest BCUT2D eigenvalue weighted by Crippen LogP contribution is 2.03. The Morgan fingerprint density at radius 3 is 2.91 bits per heavy atom. The van der Waals surface area contributed by atoms with Gasteiger partial charge >= 0.3 is 0 Å². The van der Waals surface area contributed by atoms with Crippen LogP contribution in [0, 0.1) is 6.92 Å². The van der Waals surface area contributed by atoms with Crippen LogP contribution in [0.4, 0.5) is 0 Å². The fourth-order valence-electron chi connectivity index (χ4n) is 0.880.